The molecule has 0 radical (unpaired) electrons. The Morgan fingerprint density at radius 2 is 1.79 bits per heavy atom. The van der Waals surface area contributed by atoms with E-state index >= 15 is 4.39 Å². The molecule has 2 fully saturated rings. The number of rotatable bonds is 4. The van der Waals surface area contributed by atoms with Crippen molar-refractivity contribution in [1.29, 1.82) is 0 Å². The summed E-state index contributed by atoms with van der Waals surface area (Å²) in [5.41, 5.74) is -2.22. The van der Waals surface area contributed by atoms with E-state index in [1.54, 1.807) is 0 Å². The van der Waals surface area contributed by atoms with Gasteiger partial charge in [-0.05, 0) is 38.6 Å². The molecule has 3 atom stereocenters. The van der Waals surface area contributed by atoms with E-state index in [1.807, 2.05) is 25.8 Å². The number of benzene rings is 1. The lowest BCUT2D eigenvalue weighted by molar-refractivity contribution is -0.138. The lowest BCUT2D eigenvalue weighted by Gasteiger charge is -2.44. The van der Waals surface area contributed by atoms with Crippen LogP contribution in [0.2, 0.25) is 0 Å². The predicted octanol–water partition coefficient (Wildman–Crippen LogP) is 2.69. The molecule has 1 aromatic heterocycles. The maximum atomic E-state index is 15.8. The number of carbonyl (C=O) groups excluding carboxylic acids is 1. The number of hydrogen-bond donors (Lipinski definition) is 3. The first-order valence-corrected chi connectivity index (χ1v) is 13.9. The van der Waals surface area contributed by atoms with Crippen LogP contribution in [0.1, 0.15) is 41.3 Å². The van der Waals surface area contributed by atoms with E-state index in [0.717, 1.165) is 12.2 Å². The number of halogens is 4. The van der Waals surface area contributed by atoms with Crippen LogP contribution in [0.5, 0.6) is 0 Å². The third-order valence-corrected chi connectivity index (χ3v) is 8.26. The first-order chi connectivity index (χ1) is 19.9. The topological polar surface area (TPSA) is 105 Å². The van der Waals surface area contributed by atoms with Crippen molar-refractivity contribution in [2.75, 3.05) is 69.7 Å². The molecule has 2 unspecified atom stereocenters. The number of aromatic nitrogens is 1. The van der Waals surface area contributed by atoms with Gasteiger partial charge < -0.3 is 30.2 Å². The largest absolute Gasteiger partial charge is 0.417 e. The number of amides is 1. The zero-order valence-electron chi connectivity index (χ0n) is 23.7. The molecule has 4 heterocycles. The fourth-order valence-electron chi connectivity index (χ4n) is 5.67. The number of ether oxygens (including phenoxy) is 1. The smallest absolute Gasteiger partial charge is 0.378 e. The molecule has 2 saturated heterocycles. The molecule has 1 amide bonds. The number of morpholine rings is 1. The average molecular weight is 594 g/mol. The van der Waals surface area contributed by atoms with Gasteiger partial charge in [0.1, 0.15) is 5.82 Å². The number of nitrogens with one attached hydrogen (secondary N) is 3. The van der Waals surface area contributed by atoms with E-state index in [9.17, 15) is 22.8 Å². The highest BCUT2D eigenvalue weighted by atomic mass is 19.4. The summed E-state index contributed by atoms with van der Waals surface area (Å²) in [6, 6.07) is 3.40. The molecule has 3 aliphatic rings. The summed E-state index contributed by atoms with van der Waals surface area (Å²) in [6.07, 6.45) is -4.18. The molecular formula is C28H35F4N7O3. The third-order valence-electron chi connectivity index (χ3n) is 8.26. The van der Waals surface area contributed by atoms with Crippen LogP contribution in [0.25, 0.3) is 0 Å². The zero-order valence-corrected chi connectivity index (χ0v) is 23.7. The van der Waals surface area contributed by atoms with Crippen molar-refractivity contribution in [3.05, 3.63) is 57.3 Å². The Balaban J connectivity index is 1.49. The molecular weight excluding hydrogens is 558 g/mol. The van der Waals surface area contributed by atoms with Gasteiger partial charge in [-0.15, -0.1) is 0 Å². The number of H-pyrrole nitrogens is 1. The number of likely N-dealkylation sites (N-methyl/N-ethyl adjacent to an activating group) is 1. The van der Waals surface area contributed by atoms with Crippen LogP contribution in [0.4, 0.5) is 28.9 Å². The van der Waals surface area contributed by atoms with Crippen molar-refractivity contribution >= 4 is 23.2 Å². The van der Waals surface area contributed by atoms with Gasteiger partial charge in [0.15, 0.2) is 5.96 Å². The Morgan fingerprint density at radius 1 is 1.10 bits per heavy atom. The van der Waals surface area contributed by atoms with Crippen LogP contribution in [-0.4, -0.2) is 98.3 Å². The summed E-state index contributed by atoms with van der Waals surface area (Å²) >= 11 is 0. The molecule has 3 aliphatic heterocycles. The lowest BCUT2D eigenvalue weighted by atomic mass is 9.95. The third kappa shape index (κ3) is 6.24. The van der Waals surface area contributed by atoms with Gasteiger partial charge in [0.25, 0.3) is 5.91 Å². The highest BCUT2D eigenvalue weighted by molar-refractivity contribution is 6.07. The summed E-state index contributed by atoms with van der Waals surface area (Å²) in [6.45, 7) is 8.37. The van der Waals surface area contributed by atoms with E-state index in [4.69, 9.17) is 4.74 Å². The molecule has 228 valence electrons. The fraction of sp³-hybridized carbons (Fsp3) is 0.536. The zero-order chi connectivity index (χ0) is 30.2. The standard InChI is InChI=1S/C28H35F4N7O3/c1-16-14-39(15-17(2)37(16)3)24-10-22(29)19(18-11-34-27(35-12-18)38-4-6-42-7-5-38)8-23(24)36-26(41)20-13-33-25(40)9-21(20)28(30,31)32/h8-10,13,16-18H,4-7,11-12,14-15H2,1-3H3,(H,33,40)(H,34,35)(H,36,41)/t16-,17?/m0/s1. The lowest BCUT2D eigenvalue weighted by Crippen LogP contribution is -2.55. The normalized spacial score (nSPS) is 23.8. The number of hydrogen-bond acceptors (Lipinski definition) is 8. The Bertz CT molecular complexity index is 1390. The summed E-state index contributed by atoms with van der Waals surface area (Å²) in [5.74, 6) is -1.21. The van der Waals surface area contributed by atoms with Gasteiger partial charge in [-0.3, -0.25) is 19.5 Å². The molecule has 0 bridgehead atoms. The molecule has 10 nitrogen and oxygen atoms in total. The number of alkyl halides is 3. The first kappa shape index (κ1) is 29.8. The van der Waals surface area contributed by atoms with Gasteiger partial charge in [-0.1, -0.05) is 0 Å². The second-order valence-corrected chi connectivity index (χ2v) is 11.1. The number of guanidine groups is 1. The molecule has 14 heteroatoms. The monoisotopic (exact) mass is 593 g/mol. The van der Waals surface area contributed by atoms with Gasteiger partial charge in [-0.2, -0.15) is 13.2 Å². The van der Waals surface area contributed by atoms with Gasteiger partial charge in [0.2, 0.25) is 5.56 Å². The average Bonchev–Trinajstić information content (AvgIpc) is 2.96. The number of piperazine rings is 1. The highest BCUT2D eigenvalue weighted by Gasteiger charge is 2.37. The van der Waals surface area contributed by atoms with Gasteiger partial charge in [0.05, 0.1) is 42.3 Å². The molecule has 1 aromatic carbocycles. The Morgan fingerprint density at radius 3 is 2.40 bits per heavy atom. The minimum atomic E-state index is -4.93. The summed E-state index contributed by atoms with van der Waals surface area (Å²) < 4.78 is 62.3. The minimum absolute atomic E-state index is 0.103. The summed E-state index contributed by atoms with van der Waals surface area (Å²) in [7, 11) is 2.00. The second-order valence-electron chi connectivity index (χ2n) is 11.1. The van der Waals surface area contributed by atoms with Crippen LogP contribution in [0.3, 0.4) is 0 Å². The summed E-state index contributed by atoms with van der Waals surface area (Å²) in [5, 5.41) is 5.87. The Labute approximate surface area is 240 Å². The van der Waals surface area contributed by atoms with Crippen LogP contribution in [0, 0.1) is 5.82 Å². The van der Waals surface area contributed by atoms with E-state index < -0.39 is 34.6 Å². The number of carbonyl (C=O) groups is 1. The number of aliphatic imine (C=N–C) groups is 1. The fourth-order valence-corrected chi connectivity index (χ4v) is 5.67. The van der Waals surface area contributed by atoms with E-state index in [2.05, 4.69) is 30.4 Å². The second kappa shape index (κ2) is 11.9. The van der Waals surface area contributed by atoms with E-state index in [0.29, 0.717) is 69.8 Å². The van der Waals surface area contributed by atoms with Crippen LogP contribution in [0.15, 0.2) is 34.2 Å². The van der Waals surface area contributed by atoms with Crippen molar-refractivity contribution in [1.82, 2.24) is 20.1 Å². The Hall–Kier alpha value is -3.65. The van der Waals surface area contributed by atoms with Crippen molar-refractivity contribution in [3.8, 4) is 0 Å². The van der Waals surface area contributed by atoms with Gasteiger partial charge in [-0.25, -0.2) is 4.39 Å². The highest BCUT2D eigenvalue weighted by Crippen LogP contribution is 2.36. The van der Waals surface area contributed by atoms with Gasteiger partial charge in [0, 0.05) is 63.0 Å². The van der Waals surface area contributed by atoms with Crippen molar-refractivity contribution in [2.45, 2.75) is 38.0 Å². The van der Waals surface area contributed by atoms with Crippen molar-refractivity contribution in [2.24, 2.45) is 4.99 Å². The van der Waals surface area contributed by atoms with E-state index in [1.165, 1.54) is 12.1 Å². The molecule has 5 rings (SSSR count). The maximum Gasteiger partial charge on any atom is 0.417 e. The predicted molar refractivity (Wildman–Crippen MR) is 151 cm³/mol. The van der Waals surface area contributed by atoms with Crippen molar-refractivity contribution < 1.29 is 27.1 Å². The van der Waals surface area contributed by atoms with Gasteiger partial charge >= 0.3 is 6.18 Å². The molecule has 0 aliphatic carbocycles. The summed E-state index contributed by atoms with van der Waals surface area (Å²) in [4.78, 5) is 37.9. The molecule has 0 saturated carbocycles. The van der Waals surface area contributed by atoms with Crippen LogP contribution >= 0.6 is 0 Å². The SMILES string of the molecule is CC1CN(c2cc(F)c(C3CN=C(N4CCOCC4)NC3)cc2NC(=O)c2c[nH]c(=O)cc2C(F)(F)F)C[C@H](C)N1C. The van der Waals surface area contributed by atoms with E-state index in [-0.39, 0.29) is 23.7 Å². The number of nitrogens with zero attached hydrogens (tertiary/aromatic N) is 4. The van der Waals surface area contributed by atoms with Crippen LogP contribution < -0.4 is 21.1 Å². The molecule has 0 spiro atoms. The minimum Gasteiger partial charge on any atom is -0.378 e. The van der Waals surface area contributed by atoms with Crippen molar-refractivity contribution in [3.63, 3.8) is 0 Å². The van der Waals surface area contributed by atoms with Crippen LogP contribution in [-0.2, 0) is 10.9 Å². The first-order valence-electron chi connectivity index (χ1n) is 13.9. The maximum absolute atomic E-state index is 15.8. The Kier molecular flexibility index (Phi) is 8.46. The molecule has 42 heavy (non-hydrogen) atoms. The number of pyridine rings is 1. The number of anilines is 2. The molecule has 3 N–H and O–H groups in total. The quantitative estimate of drug-likeness (QED) is 0.469. The molecule has 2 aromatic rings. The number of aromatic amines is 1.